The van der Waals surface area contributed by atoms with Gasteiger partial charge in [0.15, 0.2) is 0 Å². The fraction of sp³-hybridized carbons (Fsp3) is 1.00. The Morgan fingerprint density at radius 1 is 0.727 bits per heavy atom. The van der Waals surface area contributed by atoms with Crippen LogP contribution in [0.25, 0.3) is 0 Å². The molecule has 0 aromatic carbocycles. The maximum atomic E-state index is 7.62. The lowest BCUT2D eigenvalue weighted by molar-refractivity contribution is 0.142. The first-order valence-corrected chi connectivity index (χ1v) is 2.74. The van der Waals surface area contributed by atoms with Gasteiger partial charge in [0.1, 0.15) is 0 Å². The minimum Gasteiger partial charge on any atom is -0.394 e. The number of aliphatic hydroxyl groups is 4. The maximum Gasteiger partial charge on any atom is 0.0662 e. The first-order chi connectivity index (χ1) is 5.24. The average Bonchev–Trinajstić information content (AvgIpc) is 2.06. The molecule has 7 nitrogen and oxygen atoms in total. The molecule has 0 bridgehead atoms. The van der Waals surface area contributed by atoms with Crippen LogP contribution < -0.4 is 11.8 Å². The minimum atomic E-state index is -0.125. The highest BCUT2D eigenvalue weighted by molar-refractivity contribution is 4.07. The second kappa shape index (κ2) is 33.2. The van der Waals surface area contributed by atoms with Crippen molar-refractivity contribution in [2.24, 2.45) is 11.8 Å². The number of hydrogen-bond donors (Lipinski definition) is 6. The molecular formula is C4H16N2O5. The third-order valence-corrected chi connectivity index (χ3v) is 0.200. The van der Waals surface area contributed by atoms with Gasteiger partial charge in [0.05, 0.1) is 26.4 Å². The van der Waals surface area contributed by atoms with Crippen LogP contribution >= 0.6 is 0 Å². The van der Waals surface area contributed by atoms with E-state index in [1.54, 1.807) is 0 Å². The fourth-order valence-corrected chi connectivity index (χ4v) is 0. The summed E-state index contributed by atoms with van der Waals surface area (Å²) in [7, 11) is 0. The molecule has 8 N–H and O–H groups in total. The molecule has 0 aliphatic rings. The topological polar surface area (TPSA) is 142 Å². The summed E-state index contributed by atoms with van der Waals surface area (Å²) >= 11 is 0. The normalized spacial score (nSPS) is 7.09. The summed E-state index contributed by atoms with van der Waals surface area (Å²) in [6, 6.07) is 0. The molecule has 0 aromatic rings. The summed E-state index contributed by atoms with van der Waals surface area (Å²) < 4.78 is 0. The van der Waals surface area contributed by atoms with Crippen LogP contribution in [0.1, 0.15) is 0 Å². The monoisotopic (exact) mass is 172 g/mol. The molecule has 0 fully saturated rings. The largest absolute Gasteiger partial charge is 0.394 e. The Morgan fingerprint density at radius 3 is 0.818 bits per heavy atom. The van der Waals surface area contributed by atoms with Crippen molar-refractivity contribution in [1.82, 2.24) is 0 Å². The third-order valence-electron chi connectivity index (χ3n) is 0.200. The fourth-order valence-electron chi connectivity index (χ4n) is 0. The Morgan fingerprint density at radius 2 is 0.818 bits per heavy atom. The smallest absolute Gasteiger partial charge is 0.0662 e. The zero-order valence-corrected chi connectivity index (χ0v) is 6.18. The quantitative estimate of drug-likeness (QED) is 0.239. The highest BCUT2D eigenvalue weighted by Crippen LogP contribution is 1.40. The molecule has 0 saturated heterocycles. The van der Waals surface area contributed by atoms with Gasteiger partial charge in [-0.25, -0.2) is 4.94 Å². The van der Waals surface area contributed by atoms with E-state index in [0.717, 1.165) is 0 Å². The zero-order chi connectivity index (χ0) is 9.54. The summed E-state index contributed by atoms with van der Waals surface area (Å²) in [4.78, 5) is 3.25. The molecule has 0 aliphatic carbocycles. The summed E-state index contributed by atoms with van der Waals surface area (Å²) in [6.45, 7) is -0.500. The predicted molar refractivity (Wildman–Crippen MR) is 37.8 cm³/mol. The van der Waals surface area contributed by atoms with Gasteiger partial charge in [-0.2, -0.15) is 11.8 Å². The molecule has 0 saturated carbocycles. The molecule has 0 radical (unpaired) electrons. The van der Waals surface area contributed by atoms with Gasteiger partial charge >= 0.3 is 0 Å². The molecule has 0 atom stereocenters. The van der Waals surface area contributed by atoms with Crippen molar-refractivity contribution in [3.8, 4) is 0 Å². The van der Waals surface area contributed by atoms with Gasteiger partial charge in [-0.05, 0) is 0 Å². The van der Waals surface area contributed by atoms with E-state index in [2.05, 4.69) is 16.7 Å². The van der Waals surface area contributed by atoms with Gasteiger partial charge in [-0.1, -0.05) is 0 Å². The molecule has 0 rings (SSSR count). The molecule has 0 heterocycles. The van der Waals surface area contributed by atoms with Crippen LogP contribution in [0.3, 0.4) is 0 Å². The zero-order valence-electron chi connectivity index (χ0n) is 6.18. The Balaban J connectivity index is -0.0000000886. The molecular weight excluding hydrogens is 156 g/mol. The van der Waals surface area contributed by atoms with E-state index in [-0.39, 0.29) is 26.4 Å². The van der Waals surface area contributed by atoms with Crippen LogP contribution in [-0.2, 0) is 4.94 Å². The first kappa shape index (κ1) is 17.0. The van der Waals surface area contributed by atoms with E-state index in [0.29, 0.717) is 0 Å². The van der Waals surface area contributed by atoms with E-state index in [9.17, 15) is 0 Å². The highest BCUT2D eigenvalue weighted by Gasteiger charge is 1.58. The van der Waals surface area contributed by atoms with Gasteiger partial charge in [-0.15, -0.1) is 0 Å². The summed E-state index contributed by atoms with van der Waals surface area (Å²) in [5, 5.41) is 30.5. The Hall–Kier alpha value is -0.280. The second-order valence-electron chi connectivity index (χ2n) is 1.03. The molecule has 0 unspecified atom stereocenters. The van der Waals surface area contributed by atoms with Crippen molar-refractivity contribution in [2.75, 3.05) is 26.4 Å². The number of nitrogens with two attached hydrogens (primary N) is 2. The summed E-state index contributed by atoms with van der Waals surface area (Å²) in [5.41, 5.74) is 0. The molecule has 0 spiro atoms. The minimum absolute atomic E-state index is 0.125. The van der Waals surface area contributed by atoms with Crippen molar-refractivity contribution in [3.05, 3.63) is 0 Å². The highest BCUT2D eigenvalue weighted by atomic mass is 16.7. The standard InChI is InChI=1S/2C2H6O2.H4N2O/c2*3-1-2-4;1-3-2/h2*3-4H,1-2H2;1-2H2. The van der Waals surface area contributed by atoms with Crippen LogP contribution in [0.2, 0.25) is 0 Å². The SMILES string of the molecule is NON.OCCO.OCCO. The molecule has 72 valence electrons. The van der Waals surface area contributed by atoms with Crippen molar-refractivity contribution in [3.63, 3.8) is 0 Å². The maximum absolute atomic E-state index is 7.62. The lowest BCUT2D eigenvalue weighted by atomic mass is 10.8. The number of aliphatic hydroxyl groups excluding tert-OH is 4. The van der Waals surface area contributed by atoms with E-state index >= 15 is 0 Å². The van der Waals surface area contributed by atoms with Crippen molar-refractivity contribution in [1.29, 1.82) is 0 Å². The van der Waals surface area contributed by atoms with Crippen LogP contribution in [0.4, 0.5) is 0 Å². The molecule has 0 aliphatic heterocycles. The van der Waals surface area contributed by atoms with Gasteiger partial charge in [0.2, 0.25) is 0 Å². The third kappa shape index (κ3) is 196. The average molecular weight is 172 g/mol. The van der Waals surface area contributed by atoms with Gasteiger partial charge in [-0.3, -0.25) is 0 Å². The lowest BCUT2D eigenvalue weighted by Gasteiger charge is -1.70. The van der Waals surface area contributed by atoms with Gasteiger partial charge < -0.3 is 20.4 Å². The van der Waals surface area contributed by atoms with Crippen LogP contribution in [0, 0.1) is 0 Å². The van der Waals surface area contributed by atoms with Gasteiger partial charge in [0, 0.05) is 0 Å². The molecule has 0 aromatic heterocycles. The van der Waals surface area contributed by atoms with Crippen molar-refractivity contribution >= 4 is 0 Å². The Labute approximate surface area is 64.7 Å². The Kier molecular flexibility index (Phi) is 51.3. The molecule has 7 heteroatoms. The van der Waals surface area contributed by atoms with E-state index in [4.69, 9.17) is 20.4 Å². The second-order valence-corrected chi connectivity index (χ2v) is 1.03. The van der Waals surface area contributed by atoms with E-state index < -0.39 is 0 Å². The summed E-state index contributed by atoms with van der Waals surface area (Å²) in [6.07, 6.45) is 0. The summed E-state index contributed by atoms with van der Waals surface area (Å²) in [5.74, 6) is 8.25. The van der Waals surface area contributed by atoms with E-state index in [1.165, 1.54) is 0 Å². The number of hydrogen-bond acceptors (Lipinski definition) is 7. The Bertz CT molecular complexity index is 31.7. The predicted octanol–water partition coefficient (Wildman–Crippen LogP) is -3.31. The van der Waals surface area contributed by atoms with E-state index in [1.807, 2.05) is 0 Å². The first-order valence-electron chi connectivity index (χ1n) is 2.74. The molecule has 0 amide bonds. The van der Waals surface area contributed by atoms with Crippen LogP contribution in [0.5, 0.6) is 0 Å². The van der Waals surface area contributed by atoms with Crippen molar-refractivity contribution < 1.29 is 25.4 Å². The van der Waals surface area contributed by atoms with Gasteiger partial charge in [0.25, 0.3) is 0 Å². The lowest BCUT2D eigenvalue weighted by Crippen LogP contribution is -2.03. The molecule has 11 heavy (non-hydrogen) atoms. The van der Waals surface area contributed by atoms with Crippen LogP contribution in [-0.4, -0.2) is 46.9 Å². The van der Waals surface area contributed by atoms with Crippen molar-refractivity contribution in [2.45, 2.75) is 0 Å². The van der Waals surface area contributed by atoms with Crippen LogP contribution in [0.15, 0.2) is 0 Å². The number of rotatable bonds is 2.